The molecular formula is C22H22ClN3O3. The minimum absolute atomic E-state index is 0.0186. The lowest BCUT2D eigenvalue weighted by Gasteiger charge is -2.31. The van der Waals surface area contributed by atoms with Crippen molar-refractivity contribution in [3.05, 3.63) is 92.2 Å². The lowest BCUT2D eigenvalue weighted by molar-refractivity contribution is -0.384. The van der Waals surface area contributed by atoms with Gasteiger partial charge in [0.25, 0.3) is 5.69 Å². The molecule has 0 fully saturated rings. The van der Waals surface area contributed by atoms with Gasteiger partial charge in [-0.2, -0.15) is 0 Å². The third-order valence-electron chi connectivity index (χ3n) is 5.45. The number of aromatic hydroxyl groups is 1. The van der Waals surface area contributed by atoms with E-state index in [0.29, 0.717) is 17.1 Å². The maximum Gasteiger partial charge on any atom is 0.269 e. The number of nitrogens with zero attached hydrogens (tertiary/aromatic N) is 3. The van der Waals surface area contributed by atoms with Gasteiger partial charge < -0.3 is 9.67 Å². The summed E-state index contributed by atoms with van der Waals surface area (Å²) in [7, 11) is 0. The van der Waals surface area contributed by atoms with Gasteiger partial charge in [-0.1, -0.05) is 29.3 Å². The number of phenolic OH excluding ortho intramolecular Hbond substituents is 1. The highest BCUT2D eigenvalue weighted by atomic mass is 35.5. The number of phenols is 1. The van der Waals surface area contributed by atoms with Crippen LogP contribution in [0.5, 0.6) is 5.75 Å². The van der Waals surface area contributed by atoms with Crippen molar-refractivity contribution in [3.63, 3.8) is 0 Å². The van der Waals surface area contributed by atoms with E-state index in [1.54, 1.807) is 18.2 Å². The van der Waals surface area contributed by atoms with E-state index in [0.717, 1.165) is 36.3 Å². The van der Waals surface area contributed by atoms with Crippen LogP contribution >= 0.6 is 11.6 Å². The van der Waals surface area contributed by atoms with Crippen molar-refractivity contribution in [1.29, 1.82) is 0 Å². The van der Waals surface area contributed by atoms with Crippen LogP contribution in [0, 0.1) is 17.0 Å². The van der Waals surface area contributed by atoms with Crippen molar-refractivity contribution >= 4 is 17.3 Å². The summed E-state index contributed by atoms with van der Waals surface area (Å²) in [5.41, 5.74) is 3.66. The second-order valence-corrected chi connectivity index (χ2v) is 7.86. The summed E-state index contributed by atoms with van der Waals surface area (Å²) in [6.45, 7) is 4.15. The second kappa shape index (κ2) is 7.89. The Labute approximate surface area is 174 Å². The molecule has 1 N–H and O–H groups in total. The number of rotatable bonds is 4. The minimum atomic E-state index is -0.397. The zero-order valence-electron chi connectivity index (χ0n) is 16.1. The van der Waals surface area contributed by atoms with Crippen molar-refractivity contribution in [2.24, 2.45) is 0 Å². The van der Waals surface area contributed by atoms with Gasteiger partial charge in [-0.25, -0.2) is 0 Å². The van der Waals surface area contributed by atoms with Crippen LogP contribution in [0.25, 0.3) is 0 Å². The monoisotopic (exact) mass is 411 g/mol. The third-order valence-corrected chi connectivity index (χ3v) is 5.79. The van der Waals surface area contributed by atoms with Crippen molar-refractivity contribution in [3.8, 4) is 5.75 Å². The second-order valence-electron chi connectivity index (χ2n) is 7.45. The number of non-ortho nitro benzene ring substituents is 1. The molecule has 6 nitrogen and oxygen atoms in total. The molecule has 2 heterocycles. The van der Waals surface area contributed by atoms with E-state index in [9.17, 15) is 15.2 Å². The molecule has 0 saturated carbocycles. The predicted octanol–water partition coefficient (Wildman–Crippen LogP) is 5.06. The summed E-state index contributed by atoms with van der Waals surface area (Å²) in [5.74, 6) is 0.249. The third kappa shape index (κ3) is 3.86. The Morgan fingerprint density at radius 1 is 1.21 bits per heavy atom. The Bertz CT molecular complexity index is 1060. The molecule has 1 aliphatic heterocycles. The molecule has 0 bridgehead atoms. The van der Waals surface area contributed by atoms with Crippen LogP contribution in [0.2, 0.25) is 5.02 Å². The van der Waals surface area contributed by atoms with E-state index in [-0.39, 0.29) is 17.5 Å². The SMILES string of the molecule is Cc1ccc(O)c(CN2CCCn3cccc3[C@@H]2c2cc([N+](=O)[O-])ccc2Cl)c1. The standard InChI is InChI=1S/C22H22ClN3O3/c1-15-5-8-21(27)16(12-15)14-25-11-3-10-24-9-2-4-20(24)22(25)18-13-17(26(28)29)6-7-19(18)23/h2,4-9,12-13,22,27H,3,10-11,14H2,1H3/t22-/m0/s1. The highest BCUT2D eigenvalue weighted by molar-refractivity contribution is 6.31. The fourth-order valence-corrected chi connectivity index (χ4v) is 4.30. The van der Waals surface area contributed by atoms with Crippen LogP contribution in [-0.4, -0.2) is 26.0 Å². The normalized spacial score (nSPS) is 17.0. The maximum absolute atomic E-state index is 11.4. The molecule has 1 aliphatic rings. The summed E-state index contributed by atoms with van der Waals surface area (Å²) >= 11 is 6.54. The quantitative estimate of drug-likeness (QED) is 0.481. The fourth-order valence-electron chi connectivity index (χ4n) is 4.08. The highest BCUT2D eigenvalue weighted by Crippen LogP contribution is 2.38. The molecule has 3 aromatic rings. The van der Waals surface area contributed by atoms with Crippen LogP contribution < -0.4 is 0 Å². The minimum Gasteiger partial charge on any atom is -0.508 e. The Kier molecular flexibility index (Phi) is 5.30. The molecule has 2 aromatic carbocycles. The van der Waals surface area contributed by atoms with Gasteiger partial charge in [0.1, 0.15) is 5.75 Å². The first-order valence-electron chi connectivity index (χ1n) is 9.55. The molecule has 0 unspecified atom stereocenters. The van der Waals surface area contributed by atoms with Gasteiger partial charge >= 0.3 is 0 Å². The van der Waals surface area contributed by atoms with Crippen LogP contribution in [0.15, 0.2) is 54.7 Å². The van der Waals surface area contributed by atoms with E-state index in [4.69, 9.17) is 11.6 Å². The van der Waals surface area contributed by atoms with Crippen molar-refractivity contribution in [1.82, 2.24) is 9.47 Å². The fraction of sp³-hybridized carbons (Fsp3) is 0.273. The van der Waals surface area contributed by atoms with Gasteiger partial charge in [-0.3, -0.25) is 15.0 Å². The van der Waals surface area contributed by atoms with E-state index >= 15 is 0 Å². The van der Waals surface area contributed by atoms with Crippen LogP contribution in [0.1, 0.15) is 34.8 Å². The molecule has 0 radical (unpaired) electrons. The molecule has 29 heavy (non-hydrogen) atoms. The summed E-state index contributed by atoms with van der Waals surface area (Å²) in [4.78, 5) is 13.2. The van der Waals surface area contributed by atoms with E-state index in [2.05, 4.69) is 9.47 Å². The lowest BCUT2D eigenvalue weighted by Crippen LogP contribution is -2.29. The number of benzene rings is 2. The van der Waals surface area contributed by atoms with Crippen molar-refractivity contribution < 1.29 is 10.0 Å². The molecule has 0 amide bonds. The summed E-state index contributed by atoms with van der Waals surface area (Å²) < 4.78 is 2.18. The molecule has 4 rings (SSSR count). The van der Waals surface area contributed by atoms with Gasteiger partial charge in [0, 0.05) is 59.8 Å². The molecular weight excluding hydrogens is 390 g/mol. The first-order chi connectivity index (χ1) is 13.9. The molecule has 7 heteroatoms. The van der Waals surface area contributed by atoms with Gasteiger partial charge in [-0.05, 0) is 37.6 Å². The number of halogens is 1. The summed E-state index contributed by atoms with van der Waals surface area (Å²) in [6.07, 6.45) is 2.96. The van der Waals surface area contributed by atoms with Gasteiger partial charge in [-0.15, -0.1) is 0 Å². The molecule has 150 valence electrons. The zero-order valence-corrected chi connectivity index (χ0v) is 16.8. The Hall–Kier alpha value is -2.83. The number of nitro benzene ring substituents is 1. The van der Waals surface area contributed by atoms with Crippen LogP contribution in [0.4, 0.5) is 5.69 Å². The van der Waals surface area contributed by atoms with Crippen molar-refractivity contribution in [2.75, 3.05) is 6.54 Å². The number of hydrogen-bond donors (Lipinski definition) is 1. The van der Waals surface area contributed by atoms with Gasteiger partial charge in [0.15, 0.2) is 0 Å². The first kappa shape index (κ1) is 19.5. The van der Waals surface area contributed by atoms with E-state index < -0.39 is 4.92 Å². The van der Waals surface area contributed by atoms with Gasteiger partial charge in [0.05, 0.1) is 11.0 Å². The Balaban J connectivity index is 1.83. The number of aryl methyl sites for hydroxylation is 2. The maximum atomic E-state index is 11.4. The summed E-state index contributed by atoms with van der Waals surface area (Å²) in [5, 5.41) is 22.2. The number of aromatic nitrogens is 1. The molecule has 0 saturated heterocycles. The average molecular weight is 412 g/mol. The van der Waals surface area contributed by atoms with Crippen LogP contribution in [-0.2, 0) is 13.1 Å². The lowest BCUT2D eigenvalue weighted by atomic mass is 9.99. The zero-order chi connectivity index (χ0) is 20.5. The largest absolute Gasteiger partial charge is 0.508 e. The summed E-state index contributed by atoms with van der Waals surface area (Å²) in [6, 6.07) is 13.9. The first-order valence-corrected chi connectivity index (χ1v) is 9.93. The highest BCUT2D eigenvalue weighted by Gasteiger charge is 2.30. The Morgan fingerprint density at radius 2 is 2.03 bits per heavy atom. The van der Waals surface area contributed by atoms with E-state index in [1.165, 1.54) is 6.07 Å². The molecule has 1 aromatic heterocycles. The number of hydrogen-bond acceptors (Lipinski definition) is 4. The molecule has 0 aliphatic carbocycles. The number of fused-ring (bicyclic) bond motifs is 1. The Morgan fingerprint density at radius 3 is 2.83 bits per heavy atom. The van der Waals surface area contributed by atoms with Gasteiger partial charge in [0.2, 0.25) is 0 Å². The molecule has 1 atom stereocenters. The predicted molar refractivity (Wildman–Crippen MR) is 112 cm³/mol. The van der Waals surface area contributed by atoms with Crippen molar-refractivity contribution in [2.45, 2.75) is 32.5 Å². The smallest absolute Gasteiger partial charge is 0.269 e. The van der Waals surface area contributed by atoms with Crippen LogP contribution in [0.3, 0.4) is 0 Å². The van der Waals surface area contributed by atoms with E-state index in [1.807, 2.05) is 37.4 Å². The topological polar surface area (TPSA) is 71.5 Å². The molecule has 0 spiro atoms. The number of nitro groups is 1. The average Bonchev–Trinajstić information content (AvgIpc) is 3.07.